The first-order chi connectivity index (χ1) is 13.5. The quantitative estimate of drug-likeness (QED) is 0.743. The van der Waals surface area contributed by atoms with Crippen LogP contribution in [0.25, 0.3) is 0 Å². The molecule has 1 aliphatic rings. The van der Waals surface area contributed by atoms with Crippen molar-refractivity contribution in [2.24, 2.45) is 0 Å². The van der Waals surface area contributed by atoms with Gasteiger partial charge in [0.1, 0.15) is 5.75 Å². The average Bonchev–Trinajstić information content (AvgIpc) is 2.69. The Hall–Kier alpha value is -1.79. The standard InChI is InChI=1S/C21H25Cl2N3O2/c1-28-19-6-2-16(3-7-19)14-25-8-10-26(11-9-25)15-21(27)24-13-17-4-5-18(22)12-20(17)23/h2-7,12H,8-11,13-15H2,1H3,(H,24,27). The molecule has 0 aliphatic carbocycles. The van der Waals surface area contributed by atoms with E-state index in [4.69, 9.17) is 27.9 Å². The lowest BCUT2D eigenvalue weighted by atomic mass is 10.2. The topological polar surface area (TPSA) is 44.8 Å². The molecule has 0 saturated carbocycles. The van der Waals surface area contributed by atoms with E-state index in [-0.39, 0.29) is 5.91 Å². The van der Waals surface area contributed by atoms with Crippen LogP contribution in [0, 0.1) is 0 Å². The molecule has 1 N–H and O–H groups in total. The molecule has 2 aromatic carbocycles. The summed E-state index contributed by atoms with van der Waals surface area (Å²) in [5.74, 6) is 0.883. The molecule has 0 unspecified atom stereocenters. The van der Waals surface area contributed by atoms with Crippen molar-refractivity contribution in [3.05, 3.63) is 63.6 Å². The zero-order chi connectivity index (χ0) is 19.9. The normalized spacial score (nSPS) is 15.4. The highest BCUT2D eigenvalue weighted by atomic mass is 35.5. The van der Waals surface area contributed by atoms with E-state index in [1.807, 2.05) is 18.2 Å². The molecule has 1 aliphatic heterocycles. The molecule has 0 spiro atoms. The Morgan fingerprint density at radius 1 is 1.04 bits per heavy atom. The zero-order valence-electron chi connectivity index (χ0n) is 16.0. The highest BCUT2D eigenvalue weighted by Gasteiger charge is 2.19. The van der Waals surface area contributed by atoms with Gasteiger partial charge in [0.2, 0.25) is 5.91 Å². The Kier molecular flexibility index (Phi) is 7.57. The Morgan fingerprint density at radius 3 is 2.36 bits per heavy atom. The summed E-state index contributed by atoms with van der Waals surface area (Å²) in [6, 6.07) is 13.5. The summed E-state index contributed by atoms with van der Waals surface area (Å²) >= 11 is 12.0. The lowest BCUT2D eigenvalue weighted by Gasteiger charge is -2.34. The fourth-order valence-electron chi connectivity index (χ4n) is 3.21. The summed E-state index contributed by atoms with van der Waals surface area (Å²) in [5.41, 5.74) is 2.13. The predicted molar refractivity (Wildman–Crippen MR) is 113 cm³/mol. The van der Waals surface area contributed by atoms with Gasteiger partial charge in [0, 0.05) is 49.3 Å². The number of hydrogen-bond donors (Lipinski definition) is 1. The molecule has 150 valence electrons. The average molecular weight is 422 g/mol. The molecule has 0 bridgehead atoms. The van der Waals surface area contributed by atoms with E-state index in [0.717, 1.165) is 44.0 Å². The van der Waals surface area contributed by atoms with Crippen LogP contribution in [0.3, 0.4) is 0 Å². The number of rotatable bonds is 7. The van der Waals surface area contributed by atoms with Crippen LogP contribution >= 0.6 is 23.2 Å². The van der Waals surface area contributed by atoms with Gasteiger partial charge in [-0.15, -0.1) is 0 Å². The van der Waals surface area contributed by atoms with Gasteiger partial charge in [-0.2, -0.15) is 0 Å². The van der Waals surface area contributed by atoms with Crippen LogP contribution in [0.2, 0.25) is 10.0 Å². The minimum atomic E-state index is 0.00891. The summed E-state index contributed by atoms with van der Waals surface area (Å²) in [6.07, 6.45) is 0. The molecule has 0 radical (unpaired) electrons. The number of hydrogen-bond acceptors (Lipinski definition) is 4. The second kappa shape index (κ2) is 10.1. The highest BCUT2D eigenvalue weighted by molar-refractivity contribution is 6.35. The predicted octanol–water partition coefficient (Wildman–Crippen LogP) is 3.44. The minimum absolute atomic E-state index is 0.00891. The molecule has 5 nitrogen and oxygen atoms in total. The maximum Gasteiger partial charge on any atom is 0.234 e. The van der Waals surface area contributed by atoms with E-state index < -0.39 is 0 Å². The third kappa shape index (κ3) is 6.11. The molecular weight excluding hydrogens is 397 g/mol. The second-order valence-electron chi connectivity index (χ2n) is 6.91. The molecule has 1 amide bonds. The first-order valence-electron chi connectivity index (χ1n) is 9.32. The molecule has 0 atom stereocenters. The molecule has 0 aromatic heterocycles. The van der Waals surface area contributed by atoms with Crippen molar-refractivity contribution in [3.63, 3.8) is 0 Å². The third-order valence-electron chi connectivity index (χ3n) is 4.89. The number of nitrogens with one attached hydrogen (secondary N) is 1. The maximum atomic E-state index is 12.2. The van der Waals surface area contributed by atoms with Gasteiger partial charge in [-0.1, -0.05) is 41.4 Å². The van der Waals surface area contributed by atoms with Gasteiger partial charge in [-0.05, 0) is 35.4 Å². The van der Waals surface area contributed by atoms with Crippen LogP contribution in [0.1, 0.15) is 11.1 Å². The molecule has 28 heavy (non-hydrogen) atoms. The SMILES string of the molecule is COc1ccc(CN2CCN(CC(=O)NCc3ccc(Cl)cc3Cl)CC2)cc1. The number of carbonyl (C=O) groups excluding carboxylic acids is 1. The van der Waals surface area contributed by atoms with Crippen molar-refractivity contribution in [2.75, 3.05) is 39.8 Å². The van der Waals surface area contributed by atoms with Gasteiger partial charge in [0.25, 0.3) is 0 Å². The van der Waals surface area contributed by atoms with Crippen molar-refractivity contribution < 1.29 is 9.53 Å². The monoisotopic (exact) mass is 421 g/mol. The van der Waals surface area contributed by atoms with E-state index >= 15 is 0 Å². The zero-order valence-corrected chi connectivity index (χ0v) is 17.5. The fourth-order valence-corrected chi connectivity index (χ4v) is 3.69. The van der Waals surface area contributed by atoms with E-state index in [0.29, 0.717) is 23.1 Å². The number of halogens is 2. The first kappa shape index (κ1) is 20.9. The van der Waals surface area contributed by atoms with Gasteiger partial charge in [0.05, 0.1) is 13.7 Å². The number of carbonyl (C=O) groups is 1. The van der Waals surface area contributed by atoms with Crippen molar-refractivity contribution >= 4 is 29.1 Å². The molecule has 7 heteroatoms. The Balaban J connectivity index is 1.39. The summed E-state index contributed by atoms with van der Waals surface area (Å²) in [6.45, 7) is 5.38. The van der Waals surface area contributed by atoms with E-state index in [1.54, 1.807) is 19.2 Å². The second-order valence-corrected chi connectivity index (χ2v) is 7.76. The van der Waals surface area contributed by atoms with Crippen molar-refractivity contribution in [1.82, 2.24) is 15.1 Å². The molecular formula is C21H25Cl2N3O2. The van der Waals surface area contributed by atoms with E-state index in [2.05, 4.69) is 27.2 Å². The summed E-state index contributed by atoms with van der Waals surface area (Å²) in [7, 11) is 1.68. The number of ether oxygens (including phenoxy) is 1. The first-order valence-corrected chi connectivity index (χ1v) is 10.1. The molecule has 2 aromatic rings. The van der Waals surface area contributed by atoms with Crippen LogP contribution < -0.4 is 10.1 Å². The number of nitrogens with zero attached hydrogens (tertiary/aromatic N) is 2. The molecule has 1 heterocycles. The summed E-state index contributed by atoms with van der Waals surface area (Å²) in [4.78, 5) is 16.8. The summed E-state index contributed by atoms with van der Waals surface area (Å²) in [5, 5.41) is 4.09. The fraction of sp³-hybridized carbons (Fsp3) is 0.381. The number of methoxy groups -OCH3 is 1. The largest absolute Gasteiger partial charge is 0.497 e. The van der Waals surface area contributed by atoms with Crippen LogP contribution in [-0.4, -0.2) is 55.5 Å². The highest BCUT2D eigenvalue weighted by Crippen LogP contribution is 2.20. The smallest absolute Gasteiger partial charge is 0.234 e. The van der Waals surface area contributed by atoms with Gasteiger partial charge in [-0.25, -0.2) is 0 Å². The van der Waals surface area contributed by atoms with Gasteiger partial charge < -0.3 is 10.1 Å². The Bertz CT molecular complexity index is 791. The van der Waals surface area contributed by atoms with Crippen molar-refractivity contribution in [3.8, 4) is 5.75 Å². The Labute approximate surface area is 176 Å². The van der Waals surface area contributed by atoms with Gasteiger partial charge in [-0.3, -0.25) is 14.6 Å². The van der Waals surface area contributed by atoms with Crippen molar-refractivity contribution in [1.29, 1.82) is 0 Å². The van der Waals surface area contributed by atoms with Crippen molar-refractivity contribution in [2.45, 2.75) is 13.1 Å². The van der Waals surface area contributed by atoms with Gasteiger partial charge in [0.15, 0.2) is 0 Å². The number of piperazine rings is 1. The number of amides is 1. The number of benzene rings is 2. The molecule has 1 saturated heterocycles. The molecule has 1 fully saturated rings. The lowest BCUT2D eigenvalue weighted by Crippen LogP contribution is -2.49. The molecule has 3 rings (SSSR count). The van der Waals surface area contributed by atoms with Crippen LogP contribution in [0.4, 0.5) is 0 Å². The minimum Gasteiger partial charge on any atom is -0.497 e. The third-order valence-corrected chi connectivity index (χ3v) is 5.48. The Morgan fingerprint density at radius 2 is 1.71 bits per heavy atom. The van der Waals surface area contributed by atoms with Crippen LogP contribution in [0.5, 0.6) is 5.75 Å². The van der Waals surface area contributed by atoms with E-state index in [9.17, 15) is 4.79 Å². The maximum absolute atomic E-state index is 12.2. The van der Waals surface area contributed by atoms with Gasteiger partial charge >= 0.3 is 0 Å². The lowest BCUT2D eigenvalue weighted by molar-refractivity contribution is -0.122. The van der Waals surface area contributed by atoms with Crippen LogP contribution in [0.15, 0.2) is 42.5 Å². The van der Waals surface area contributed by atoms with E-state index in [1.165, 1.54) is 5.56 Å². The van der Waals surface area contributed by atoms with Crippen LogP contribution in [-0.2, 0) is 17.9 Å². The summed E-state index contributed by atoms with van der Waals surface area (Å²) < 4.78 is 5.20.